The molecule has 3 heteroatoms. The lowest BCUT2D eigenvalue weighted by Crippen LogP contribution is -2.31. The maximum absolute atomic E-state index is 3.59. The smallest absolute Gasteiger partial charge is 0.0420 e. The van der Waals surface area contributed by atoms with Crippen molar-refractivity contribution in [2.75, 3.05) is 18.5 Å². The Bertz CT molecular complexity index is 413. The zero-order valence-corrected chi connectivity index (χ0v) is 13.8. The third kappa shape index (κ3) is 4.22. The first kappa shape index (κ1) is 14.9. The summed E-state index contributed by atoms with van der Waals surface area (Å²) >= 11 is 3.59. The van der Waals surface area contributed by atoms with Crippen LogP contribution in [0.4, 0.5) is 5.69 Å². The monoisotopic (exact) mass is 324 g/mol. The van der Waals surface area contributed by atoms with Gasteiger partial charge in [0.1, 0.15) is 0 Å². The first-order valence-electron chi connectivity index (χ1n) is 7.29. The second kappa shape index (κ2) is 6.76. The number of rotatable bonds is 6. The maximum atomic E-state index is 3.59. The van der Waals surface area contributed by atoms with Gasteiger partial charge in [0.2, 0.25) is 0 Å². The number of nitrogens with zero attached hydrogens (tertiary/aromatic N) is 1. The molecule has 2 rings (SSSR count). The van der Waals surface area contributed by atoms with Gasteiger partial charge in [0, 0.05) is 36.3 Å². The summed E-state index contributed by atoms with van der Waals surface area (Å²) < 4.78 is 1.16. The van der Waals surface area contributed by atoms with E-state index in [2.05, 4.69) is 65.2 Å². The summed E-state index contributed by atoms with van der Waals surface area (Å²) in [4.78, 5) is 2.42. The summed E-state index contributed by atoms with van der Waals surface area (Å²) in [7, 11) is 2.22. The minimum absolute atomic E-state index is 0.522. The molecule has 0 saturated heterocycles. The van der Waals surface area contributed by atoms with Crippen molar-refractivity contribution in [3.05, 3.63) is 28.2 Å². The molecule has 106 valence electrons. The van der Waals surface area contributed by atoms with E-state index in [0.29, 0.717) is 6.04 Å². The Balaban J connectivity index is 2.08. The molecule has 1 saturated carbocycles. The molecule has 0 bridgehead atoms. The van der Waals surface area contributed by atoms with Crippen LogP contribution in [-0.4, -0.2) is 19.6 Å². The van der Waals surface area contributed by atoms with Gasteiger partial charge < -0.3 is 10.2 Å². The van der Waals surface area contributed by atoms with Crippen LogP contribution in [0.25, 0.3) is 0 Å². The molecule has 0 aromatic heterocycles. The quantitative estimate of drug-likeness (QED) is 0.844. The normalized spacial score (nSPS) is 15.6. The zero-order chi connectivity index (χ0) is 13.8. The number of anilines is 1. The van der Waals surface area contributed by atoms with E-state index in [4.69, 9.17) is 0 Å². The van der Waals surface area contributed by atoms with E-state index in [-0.39, 0.29) is 0 Å². The van der Waals surface area contributed by atoms with Gasteiger partial charge >= 0.3 is 0 Å². The number of benzene rings is 1. The van der Waals surface area contributed by atoms with Crippen molar-refractivity contribution in [2.24, 2.45) is 5.92 Å². The van der Waals surface area contributed by atoms with E-state index in [1.54, 1.807) is 0 Å². The second-order valence-electron chi connectivity index (χ2n) is 5.99. The lowest BCUT2D eigenvalue weighted by molar-refractivity contribution is 0.321. The lowest BCUT2D eigenvalue weighted by Gasteiger charge is -2.32. The topological polar surface area (TPSA) is 15.3 Å². The molecule has 1 fully saturated rings. The van der Waals surface area contributed by atoms with Crippen molar-refractivity contribution in [3.63, 3.8) is 0 Å². The van der Waals surface area contributed by atoms with Crippen LogP contribution in [0.15, 0.2) is 22.7 Å². The van der Waals surface area contributed by atoms with Crippen molar-refractivity contribution in [3.8, 4) is 0 Å². The average molecular weight is 325 g/mol. The molecule has 19 heavy (non-hydrogen) atoms. The first-order valence-corrected chi connectivity index (χ1v) is 8.08. The highest BCUT2D eigenvalue weighted by Crippen LogP contribution is 2.30. The first-order chi connectivity index (χ1) is 9.06. The van der Waals surface area contributed by atoms with Gasteiger partial charge in [0.25, 0.3) is 0 Å². The van der Waals surface area contributed by atoms with Gasteiger partial charge in [-0.3, -0.25) is 0 Å². The fourth-order valence-corrected chi connectivity index (χ4v) is 2.87. The molecule has 1 aromatic carbocycles. The van der Waals surface area contributed by atoms with Crippen LogP contribution in [0, 0.1) is 5.92 Å². The largest absolute Gasteiger partial charge is 0.374 e. The van der Waals surface area contributed by atoms with Crippen molar-refractivity contribution < 1.29 is 0 Å². The van der Waals surface area contributed by atoms with E-state index in [9.17, 15) is 0 Å². The average Bonchev–Trinajstić information content (AvgIpc) is 2.31. The number of nitrogens with one attached hydrogen (secondary N) is 1. The van der Waals surface area contributed by atoms with Crippen molar-refractivity contribution in [2.45, 2.75) is 45.7 Å². The Hall–Kier alpha value is -0.540. The zero-order valence-electron chi connectivity index (χ0n) is 12.2. The molecule has 0 aliphatic heterocycles. The van der Waals surface area contributed by atoms with Gasteiger partial charge in [-0.2, -0.15) is 0 Å². The second-order valence-corrected chi connectivity index (χ2v) is 6.90. The van der Waals surface area contributed by atoms with Crippen LogP contribution in [0.5, 0.6) is 0 Å². The molecule has 1 aliphatic rings. The van der Waals surface area contributed by atoms with Crippen LogP contribution in [0.1, 0.15) is 38.7 Å². The summed E-state index contributed by atoms with van der Waals surface area (Å²) in [5, 5.41) is 3.52. The number of hydrogen-bond donors (Lipinski definition) is 1. The predicted octanol–water partition coefficient (Wildman–Crippen LogP) is 4.18. The third-order valence-corrected chi connectivity index (χ3v) is 4.41. The highest BCUT2D eigenvalue weighted by atomic mass is 79.9. The Morgan fingerprint density at radius 1 is 1.37 bits per heavy atom. The van der Waals surface area contributed by atoms with Gasteiger partial charge in [-0.05, 0) is 36.5 Å². The van der Waals surface area contributed by atoms with E-state index in [1.165, 1.54) is 37.1 Å². The van der Waals surface area contributed by atoms with Crippen molar-refractivity contribution in [1.82, 2.24) is 5.32 Å². The summed E-state index contributed by atoms with van der Waals surface area (Å²) in [5.74, 6) is 0.898. The molecule has 0 atom stereocenters. The van der Waals surface area contributed by atoms with Crippen LogP contribution in [0.2, 0.25) is 0 Å². The van der Waals surface area contributed by atoms with Crippen LogP contribution >= 0.6 is 15.9 Å². The molecule has 0 radical (unpaired) electrons. The van der Waals surface area contributed by atoms with Gasteiger partial charge in [0.15, 0.2) is 0 Å². The summed E-state index contributed by atoms with van der Waals surface area (Å²) in [6.45, 7) is 6.51. The molecule has 0 spiro atoms. The SMILES string of the molecule is CC(C)NCc1ccc(Br)cc1N(C)CC1CCC1. The van der Waals surface area contributed by atoms with Gasteiger partial charge in [-0.25, -0.2) is 0 Å². The van der Waals surface area contributed by atoms with E-state index < -0.39 is 0 Å². The lowest BCUT2D eigenvalue weighted by atomic mass is 9.85. The molecular formula is C16H25BrN2. The highest BCUT2D eigenvalue weighted by Gasteiger charge is 2.20. The maximum Gasteiger partial charge on any atom is 0.0420 e. The Morgan fingerprint density at radius 2 is 2.11 bits per heavy atom. The van der Waals surface area contributed by atoms with Gasteiger partial charge in [-0.15, -0.1) is 0 Å². The van der Waals surface area contributed by atoms with Crippen LogP contribution in [0.3, 0.4) is 0 Å². The number of hydrogen-bond acceptors (Lipinski definition) is 2. The summed E-state index contributed by atoms with van der Waals surface area (Å²) in [6, 6.07) is 7.13. The van der Waals surface area contributed by atoms with Gasteiger partial charge in [0.05, 0.1) is 0 Å². The molecule has 1 aliphatic carbocycles. The fourth-order valence-electron chi connectivity index (χ4n) is 2.52. The molecule has 2 nitrogen and oxygen atoms in total. The number of halogens is 1. The van der Waals surface area contributed by atoms with E-state index in [1.807, 2.05) is 0 Å². The molecule has 0 unspecified atom stereocenters. The van der Waals surface area contributed by atoms with E-state index in [0.717, 1.165) is 16.9 Å². The van der Waals surface area contributed by atoms with Crippen LogP contribution < -0.4 is 10.2 Å². The third-order valence-electron chi connectivity index (χ3n) is 3.92. The summed E-state index contributed by atoms with van der Waals surface area (Å²) in [6.07, 6.45) is 4.22. The minimum Gasteiger partial charge on any atom is -0.374 e. The summed E-state index contributed by atoms with van der Waals surface area (Å²) in [5.41, 5.74) is 2.74. The van der Waals surface area contributed by atoms with Gasteiger partial charge in [-0.1, -0.05) is 42.3 Å². The molecule has 1 aromatic rings. The van der Waals surface area contributed by atoms with Crippen molar-refractivity contribution >= 4 is 21.6 Å². The fraction of sp³-hybridized carbons (Fsp3) is 0.625. The highest BCUT2D eigenvalue weighted by molar-refractivity contribution is 9.10. The van der Waals surface area contributed by atoms with E-state index >= 15 is 0 Å². The molecule has 0 amide bonds. The molecule has 1 N–H and O–H groups in total. The Morgan fingerprint density at radius 3 is 2.68 bits per heavy atom. The molecular weight excluding hydrogens is 300 g/mol. The van der Waals surface area contributed by atoms with Crippen molar-refractivity contribution in [1.29, 1.82) is 0 Å². The molecule has 0 heterocycles. The Kier molecular flexibility index (Phi) is 5.28. The van der Waals surface area contributed by atoms with Crippen LogP contribution in [-0.2, 0) is 6.54 Å². The standard InChI is InChI=1S/C16H25BrN2/c1-12(2)18-10-14-7-8-15(17)9-16(14)19(3)11-13-5-4-6-13/h7-9,12-13,18H,4-6,10-11H2,1-3H3. The predicted molar refractivity (Wildman–Crippen MR) is 86.7 cm³/mol. The Labute approximate surface area is 125 Å². The minimum atomic E-state index is 0.522.